The van der Waals surface area contributed by atoms with Crippen LogP contribution in [0, 0.1) is 0 Å². The zero-order chi connectivity index (χ0) is 26.7. The smallest absolute Gasteiger partial charge is 0.425 e. The molecule has 2 N–H and O–H groups in total. The molecule has 1 aliphatic carbocycles. The van der Waals surface area contributed by atoms with Gasteiger partial charge in [0.15, 0.2) is 0 Å². The molecule has 39 heavy (non-hydrogen) atoms. The Kier molecular flexibility index (Phi) is 12.1. The van der Waals surface area contributed by atoms with Crippen LogP contribution in [-0.2, 0) is 43.3 Å². The number of rotatable bonds is 8. The van der Waals surface area contributed by atoms with Crippen molar-refractivity contribution in [3.8, 4) is 0 Å². The van der Waals surface area contributed by atoms with Crippen molar-refractivity contribution in [3.05, 3.63) is 36.9 Å². The average Bonchev–Trinajstić information content (AvgIpc) is 3.39. The summed E-state index contributed by atoms with van der Waals surface area (Å²) < 4.78 is 47.0. The van der Waals surface area contributed by atoms with Crippen LogP contribution in [0.5, 0.6) is 0 Å². The number of urea groups is 1. The minimum atomic E-state index is -4.49. The third-order valence-corrected chi connectivity index (χ3v) is 9.18. The Morgan fingerprint density at radius 3 is 2.46 bits per heavy atom. The summed E-state index contributed by atoms with van der Waals surface area (Å²) in [7, 11) is 3.94. The van der Waals surface area contributed by atoms with Crippen LogP contribution in [0.25, 0.3) is 0 Å². The Balaban J connectivity index is 0.00000267. The van der Waals surface area contributed by atoms with Gasteiger partial charge in [0, 0.05) is 42.5 Å². The third kappa shape index (κ3) is 7.87. The predicted octanol–water partition coefficient (Wildman–Crippen LogP) is 6.18. The first-order chi connectivity index (χ1) is 17.6. The highest BCUT2D eigenvalue weighted by Gasteiger charge is 2.39. The minimum Gasteiger partial charge on any atom is -0.462 e. The summed E-state index contributed by atoms with van der Waals surface area (Å²) in [5.74, 6) is -0.484. The molecular formula is C26H38ClF3N4O3S2. The molecule has 2 aromatic heterocycles. The third-order valence-electron chi connectivity index (χ3n) is 6.67. The molecule has 0 spiro atoms. The highest BCUT2D eigenvalue weighted by Crippen LogP contribution is 2.43. The van der Waals surface area contributed by atoms with Crippen molar-refractivity contribution in [2.24, 2.45) is 0 Å². The molecule has 0 radical (unpaired) electrons. The molecule has 13 heteroatoms. The van der Waals surface area contributed by atoms with E-state index in [1.54, 1.807) is 6.92 Å². The molecule has 7 nitrogen and oxygen atoms in total. The summed E-state index contributed by atoms with van der Waals surface area (Å²) in [6, 6.07) is -0.638. The van der Waals surface area contributed by atoms with Crippen LogP contribution in [0.3, 0.4) is 0 Å². The van der Waals surface area contributed by atoms with E-state index in [2.05, 4.69) is 20.4 Å². The summed E-state index contributed by atoms with van der Waals surface area (Å²) in [6.07, 6.45) is -0.441. The second-order valence-corrected chi connectivity index (χ2v) is 11.8. The van der Waals surface area contributed by atoms with E-state index in [0.717, 1.165) is 60.6 Å². The summed E-state index contributed by atoms with van der Waals surface area (Å²) in [4.78, 5) is 30.8. The van der Waals surface area contributed by atoms with Gasteiger partial charge in [0.05, 0.1) is 12.2 Å². The van der Waals surface area contributed by atoms with Crippen molar-refractivity contribution in [2.75, 3.05) is 45.7 Å². The largest absolute Gasteiger partial charge is 0.462 e. The molecule has 220 valence electrons. The number of fused-ring (bicyclic) bond motifs is 2. The number of esters is 1. The topological polar surface area (TPSA) is 73.9 Å². The van der Waals surface area contributed by atoms with Crippen molar-refractivity contribution >= 4 is 52.1 Å². The van der Waals surface area contributed by atoms with Crippen molar-refractivity contribution in [3.63, 3.8) is 0 Å². The van der Waals surface area contributed by atoms with Crippen LogP contribution in [0.15, 0.2) is 0 Å². The second kappa shape index (κ2) is 14.2. The van der Waals surface area contributed by atoms with Gasteiger partial charge in [-0.2, -0.15) is 13.2 Å². The average molecular weight is 611 g/mol. The molecule has 0 fully saturated rings. The lowest BCUT2D eigenvalue weighted by atomic mass is 9.95. The fourth-order valence-corrected chi connectivity index (χ4v) is 7.41. The summed E-state index contributed by atoms with van der Waals surface area (Å²) in [5.41, 5.74) is 2.12. The van der Waals surface area contributed by atoms with Crippen molar-refractivity contribution in [1.82, 2.24) is 15.1 Å². The lowest BCUT2D eigenvalue weighted by Gasteiger charge is -2.28. The van der Waals surface area contributed by atoms with Crippen LogP contribution in [0.2, 0.25) is 0 Å². The molecule has 3 heterocycles. The van der Waals surface area contributed by atoms with Gasteiger partial charge in [-0.15, -0.1) is 35.1 Å². The van der Waals surface area contributed by atoms with Gasteiger partial charge in [-0.1, -0.05) is 7.43 Å². The number of hydrogen-bond acceptors (Lipinski definition) is 7. The van der Waals surface area contributed by atoms with Crippen molar-refractivity contribution < 1.29 is 27.5 Å². The minimum absolute atomic E-state index is 0. The zero-order valence-electron chi connectivity index (χ0n) is 21.8. The van der Waals surface area contributed by atoms with Crippen LogP contribution in [0.4, 0.5) is 23.0 Å². The molecule has 2 aliphatic rings. The molecule has 0 atom stereocenters. The first-order valence-electron chi connectivity index (χ1n) is 12.5. The van der Waals surface area contributed by atoms with E-state index in [1.807, 2.05) is 14.1 Å². The molecule has 4 rings (SSSR count). The van der Waals surface area contributed by atoms with Gasteiger partial charge in [-0.25, -0.2) is 9.59 Å². The number of halogens is 4. The molecule has 2 amide bonds. The molecule has 0 saturated heterocycles. The highest BCUT2D eigenvalue weighted by molar-refractivity contribution is 7.17. The number of alkyl halides is 3. The van der Waals surface area contributed by atoms with Gasteiger partial charge >= 0.3 is 18.2 Å². The van der Waals surface area contributed by atoms with Crippen LogP contribution in [0.1, 0.15) is 68.9 Å². The predicted molar refractivity (Wildman–Crippen MR) is 154 cm³/mol. The number of nitrogens with one attached hydrogen (secondary N) is 2. The Morgan fingerprint density at radius 2 is 1.79 bits per heavy atom. The van der Waals surface area contributed by atoms with E-state index in [-0.39, 0.29) is 38.5 Å². The van der Waals surface area contributed by atoms with E-state index >= 15 is 0 Å². The SMILES string of the molecule is C.CCOC(=O)c1c(NC(=O)NCc2c(C(F)(F)F)sc3c2CCN(CCN(C)C)C3)sc2c1CCCC2.Cl. The number of ether oxygens (including phenoxy) is 1. The van der Waals surface area contributed by atoms with Crippen LogP contribution < -0.4 is 10.6 Å². The van der Waals surface area contributed by atoms with Gasteiger partial charge in [0.1, 0.15) is 9.88 Å². The molecular weight excluding hydrogens is 573 g/mol. The van der Waals surface area contributed by atoms with Gasteiger partial charge in [-0.3, -0.25) is 10.2 Å². The fourth-order valence-electron chi connectivity index (χ4n) is 4.86. The van der Waals surface area contributed by atoms with E-state index in [9.17, 15) is 22.8 Å². The first-order valence-corrected chi connectivity index (χ1v) is 14.2. The standard InChI is InChI=1S/C25H33F3N4O3S2.CH4.ClH/c1-4-35-23(33)20-16-7-5-6-8-18(16)37-22(20)30-24(34)29-13-17-15-9-10-32(12-11-31(2)3)14-19(15)36-21(17)25(26,27)28;;/h4-14H2,1-3H3,(H2,29,30,34);1H4;1H. The van der Waals surface area contributed by atoms with Gasteiger partial charge in [0.2, 0.25) is 0 Å². The number of nitrogens with zero attached hydrogens (tertiary/aromatic N) is 2. The highest BCUT2D eigenvalue weighted by atomic mass is 35.5. The maximum absolute atomic E-state index is 13.9. The first kappa shape index (κ1) is 33.3. The monoisotopic (exact) mass is 610 g/mol. The number of anilines is 1. The number of hydrogen-bond donors (Lipinski definition) is 2. The van der Waals surface area contributed by atoms with E-state index in [0.29, 0.717) is 40.5 Å². The Bertz CT molecular complexity index is 1150. The Labute approximate surface area is 242 Å². The summed E-state index contributed by atoms with van der Waals surface area (Å²) in [6.45, 7) is 4.48. The van der Waals surface area contributed by atoms with Crippen LogP contribution >= 0.6 is 35.1 Å². The number of carbonyl (C=O) groups excluding carboxylic acids is 2. The molecule has 0 aromatic carbocycles. The second-order valence-electron chi connectivity index (χ2n) is 9.58. The Morgan fingerprint density at radius 1 is 1.08 bits per heavy atom. The van der Waals surface area contributed by atoms with E-state index in [4.69, 9.17) is 4.74 Å². The normalized spacial score (nSPS) is 15.1. The number of thiophene rings is 2. The molecule has 0 bridgehead atoms. The van der Waals surface area contributed by atoms with Crippen molar-refractivity contribution in [1.29, 1.82) is 0 Å². The molecule has 0 saturated carbocycles. The molecule has 2 aromatic rings. The van der Waals surface area contributed by atoms with Crippen LogP contribution in [-0.4, -0.2) is 62.1 Å². The van der Waals surface area contributed by atoms with Gasteiger partial charge in [0.25, 0.3) is 0 Å². The maximum Gasteiger partial charge on any atom is 0.425 e. The zero-order valence-corrected chi connectivity index (χ0v) is 24.2. The van der Waals surface area contributed by atoms with E-state index in [1.165, 1.54) is 11.3 Å². The van der Waals surface area contributed by atoms with Gasteiger partial charge < -0.3 is 15.0 Å². The number of likely N-dealkylation sites (N-methyl/N-ethyl adjacent to an activating group) is 1. The van der Waals surface area contributed by atoms with Crippen molar-refractivity contribution in [2.45, 2.75) is 65.7 Å². The lowest BCUT2D eigenvalue weighted by Crippen LogP contribution is -2.35. The summed E-state index contributed by atoms with van der Waals surface area (Å²) in [5, 5.41) is 5.73. The molecule has 1 aliphatic heterocycles. The van der Waals surface area contributed by atoms with E-state index < -0.39 is 23.1 Å². The quantitative estimate of drug-likeness (QED) is 0.349. The number of amides is 2. The Hall–Kier alpha value is -1.86. The maximum atomic E-state index is 13.9. The number of aryl methyl sites for hydroxylation is 1. The van der Waals surface area contributed by atoms with Gasteiger partial charge in [-0.05, 0) is 69.8 Å². The summed E-state index contributed by atoms with van der Waals surface area (Å²) >= 11 is 2.13. The fraction of sp³-hybridized carbons (Fsp3) is 0.615. The molecule has 0 unspecified atom stereocenters. The lowest BCUT2D eigenvalue weighted by molar-refractivity contribution is -0.135. The number of carbonyl (C=O) groups is 2.